The molecule has 0 aromatic rings. The van der Waals surface area contributed by atoms with Crippen molar-refractivity contribution in [1.29, 1.82) is 0 Å². The van der Waals surface area contributed by atoms with Gasteiger partial charge in [-0.05, 0) is 38.0 Å². The van der Waals surface area contributed by atoms with Gasteiger partial charge in [-0.2, -0.15) is 0 Å². The van der Waals surface area contributed by atoms with Crippen LogP contribution in [-0.4, -0.2) is 29.1 Å². The van der Waals surface area contributed by atoms with Gasteiger partial charge in [0, 0.05) is 6.04 Å². The van der Waals surface area contributed by atoms with E-state index < -0.39 is 0 Å². The molecule has 1 spiro atoms. The van der Waals surface area contributed by atoms with Crippen molar-refractivity contribution in [2.45, 2.75) is 50.6 Å². The predicted octanol–water partition coefficient (Wildman–Crippen LogP) is 1.10. The van der Waals surface area contributed by atoms with Crippen LogP contribution in [0.5, 0.6) is 0 Å². The lowest BCUT2D eigenvalue weighted by Crippen LogP contribution is -2.38. The highest BCUT2D eigenvalue weighted by atomic mass is 16.2. The molecule has 3 rings (SSSR count). The van der Waals surface area contributed by atoms with Crippen molar-refractivity contribution >= 4 is 5.91 Å². The van der Waals surface area contributed by atoms with E-state index in [-0.39, 0.29) is 5.54 Å². The number of rotatable bonds is 1. The van der Waals surface area contributed by atoms with E-state index in [9.17, 15) is 4.79 Å². The number of hydrogen-bond donors (Lipinski definition) is 1. The van der Waals surface area contributed by atoms with Gasteiger partial charge in [0.15, 0.2) is 0 Å². The van der Waals surface area contributed by atoms with Crippen molar-refractivity contribution in [3.05, 3.63) is 0 Å². The first kappa shape index (κ1) is 8.72. The maximum absolute atomic E-state index is 12.0. The van der Waals surface area contributed by atoms with Crippen molar-refractivity contribution in [3.63, 3.8) is 0 Å². The monoisotopic (exact) mass is 194 g/mol. The lowest BCUT2D eigenvalue weighted by molar-refractivity contribution is -0.131. The van der Waals surface area contributed by atoms with Crippen molar-refractivity contribution in [1.82, 2.24) is 10.2 Å². The Morgan fingerprint density at radius 2 is 2.21 bits per heavy atom. The summed E-state index contributed by atoms with van der Waals surface area (Å²) in [7, 11) is 0. The topological polar surface area (TPSA) is 32.3 Å². The molecule has 78 valence electrons. The number of hydrogen-bond acceptors (Lipinski definition) is 2. The van der Waals surface area contributed by atoms with E-state index >= 15 is 0 Å². The van der Waals surface area contributed by atoms with E-state index in [0.717, 1.165) is 25.4 Å². The van der Waals surface area contributed by atoms with Crippen molar-refractivity contribution in [2.75, 3.05) is 6.67 Å². The van der Waals surface area contributed by atoms with Crippen LogP contribution in [0, 0.1) is 5.92 Å². The average molecular weight is 194 g/mol. The SMILES string of the molecule is CC1CCC(N2CNC3(CC3)C2=O)C1. The Morgan fingerprint density at radius 3 is 2.71 bits per heavy atom. The van der Waals surface area contributed by atoms with Crippen LogP contribution in [0.1, 0.15) is 39.0 Å². The Hall–Kier alpha value is -0.570. The third kappa shape index (κ3) is 1.11. The van der Waals surface area contributed by atoms with Crippen molar-refractivity contribution in [3.8, 4) is 0 Å². The second-order valence-corrected chi connectivity index (χ2v) is 5.26. The Labute approximate surface area is 84.8 Å². The van der Waals surface area contributed by atoms with Gasteiger partial charge in [-0.25, -0.2) is 0 Å². The molecule has 1 N–H and O–H groups in total. The molecule has 2 aliphatic carbocycles. The Morgan fingerprint density at radius 1 is 1.43 bits per heavy atom. The largest absolute Gasteiger partial charge is 0.325 e. The quantitative estimate of drug-likeness (QED) is 0.678. The molecule has 2 unspecified atom stereocenters. The summed E-state index contributed by atoms with van der Waals surface area (Å²) >= 11 is 0. The van der Waals surface area contributed by atoms with Crippen LogP contribution in [0.15, 0.2) is 0 Å². The van der Waals surface area contributed by atoms with Crippen LogP contribution in [0.25, 0.3) is 0 Å². The summed E-state index contributed by atoms with van der Waals surface area (Å²) in [4.78, 5) is 14.1. The fourth-order valence-corrected chi connectivity index (χ4v) is 2.93. The normalized spacial score (nSPS) is 39.8. The third-order valence-electron chi connectivity index (χ3n) is 4.12. The van der Waals surface area contributed by atoms with Crippen LogP contribution in [-0.2, 0) is 4.79 Å². The second-order valence-electron chi connectivity index (χ2n) is 5.26. The number of carbonyl (C=O) groups is 1. The first-order chi connectivity index (χ1) is 6.71. The first-order valence-corrected chi connectivity index (χ1v) is 5.77. The smallest absolute Gasteiger partial charge is 0.244 e. The van der Waals surface area contributed by atoms with Gasteiger partial charge in [0.05, 0.1) is 12.2 Å². The van der Waals surface area contributed by atoms with E-state index in [1.165, 1.54) is 19.3 Å². The van der Waals surface area contributed by atoms with Crippen molar-refractivity contribution < 1.29 is 4.79 Å². The summed E-state index contributed by atoms with van der Waals surface area (Å²) in [6.45, 7) is 3.09. The Bertz CT molecular complexity index is 272. The lowest BCUT2D eigenvalue weighted by Gasteiger charge is -2.23. The third-order valence-corrected chi connectivity index (χ3v) is 4.12. The fraction of sp³-hybridized carbons (Fsp3) is 0.909. The molecule has 0 bridgehead atoms. The highest BCUT2D eigenvalue weighted by molar-refractivity contribution is 5.91. The van der Waals surface area contributed by atoms with Crippen LogP contribution in [0.2, 0.25) is 0 Å². The van der Waals surface area contributed by atoms with E-state index in [4.69, 9.17) is 0 Å². The van der Waals surface area contributed by atoms with Gasteiger partial charge < -0.3 is 4.90 Å². The van der Waals surface area contributed by atoms with Gasteiger partial charge in [0.1, 0.15) is 0 Å². The summed E-state index contributed by atoms with van der Waals surface area (Å²) in [6.07, 6.45) is 5.84. The van der Waals surface area contributed by atoms with Gasteiger partial charge in [-0.15, -0.1) is 0 Å². The fourth-order valence-electron chi connectivity index (χ4n) is 2.93. The second kappa shape index (κ2) is 2.72. The van der Waals surface area contributed by atoms with Crippen LogP contribution in [0.3, 0.4) is 0 Å². The molecule has 3 fully saturated rings. The number of carbonyl (C=O) groups excluding carboxylic acids is 1. The highest BCUT2D eigenvalue weighted by Gasteiger charge is 2.56. The molecule has 14 heavy (non-hydrogen) atoms. The zero-order chi connectivity index (χ0) is 9.76. The number of nitrogens with one attached hydrogen (secondary N) is 1. The van der Waals surface area contributed by atoms with Crippen LogP contribution < -0.4 is 5.32 Å². The van der Waals surface area contributed by atoms with Gasteiger partial charge >= 0.3 is 0 Å². The molecule has 2 atom stereocenters. The summed E-state index contributed by atoms with van der Waals surface area (Å²) in [5.74, 6) is 1.19. The zero-order valence-electron chi connectivity index (χ0n) is 8.75. The van der Waals surface area contributed by atoms with E-state index in [1.807, 2.05) is 0 Å². The van der Waals surface area contributed by atoms with Crippen LogP contribution in [0.4, 0.5) is 0 Å². The molecule has 3 heteroatoms. The Kier molecular flexibility index (Phi) is 1.69. The molecule has 1 amide bonds. The molecule has 3 aliphatic rings. The maximum atomic E-state index is 12.0. The lowest BCUT2D eigenvalue weighted by atomic mass is 10.1. The molecule has 0 radical (unpaired) electrons. The van der Waals surface area contributed by atoms with Gasteiger partial charge in [-0.1, -0.05) is 6.92 Å². The molecule has 2 saturated carbocycles. The summed E-state index contributed by atoms with van der Waals surface area (Å²) in [6, 6.07) is 0.532. The minimum Gasteiger partial charge on any atom is -0.325 e. The summed E-state index contributed by atoms with van der Waals surface area (Å²) in [5, 5.41) is 3.37. The van der Waals surface area contributed by atoms with Gasteiger partial charge in [0.25, 0.3) is 0 Å². The number of nitrogens with zero attached hydrogens (tertiary/aromatic N) is 1. The molecular formula is C11H18N2O. The standard InChI is InChI=1S/C11H18N2O/c1-8-2-3-9(6-8)13-7-12-11(4-5-11)10(13)14/h8-9,12H,2-7H2,1H3. The van der Waals surface area contributed by atoms with E-state index in [0.29, 0.717) is 11.9 Å². The Balaban J connectivity index is 1.71. The maximum Gasteiger partial charge on any atom is 0.244 e. The van der Waals surface area contributed by atoms with Gasteiger partial charge in [0.2, 0.25) is 5.91 Å². The van der Waals surface area contributed by atoms with E-state index in [1.54, 1.807) is 0 Å². The predicted molar refractivity (Wildman–Crippen MR) is 53.6 cm³/mol. The molecule has 0 aromatic carbocycles. The molecule has 3 nitrogen and oxygen atoms in total. The zero-order valence-corrected chi connectivity index (χ0v) is 8.75. The highest BCUT2D eigenvalue weighted by Crippen LogP contribution is 2.42. The van der Waals surface area contributed by atoms with Crippen molar-refractivity contribution in [2.24, 2.45) is 5.92 Å². The number of amides is 1. The molecule has 1 aliphatic heterocycles. The minimum absolute atomic E-state index is 0.0914. The van der Waals surface area contributed by atoms with Gasteiger partial charge in [-0.3, -0.25) is 10.1 Å². The first-order valence-electron chi connectivity index (χ1n) is 5.77. The summed E-state index contributed by atoms with van der Waals surface area (Å²) < 4.78 is 0. The molecule has 1 saturated heterocycles. The summed E-state index contributed by atoms with van der Waals surface area (Å²) in [5.41, 5.74) is -0.0914. The average Bonchev–Trinajstić information content (AvgIpc) is 2.73. The van der Waals surface area contributed by atoms with E-state index in [2.05, 4.69) is 17.1 Å². The molecular weight excluding hydrogens is 176 g/mol. The molecule has 1 heterocycles. The minimum atomic E-state index is -0.0914. The molecule has 0 aromatic heterocycles. The van der Waals surface area contributed by atoms with Crippen LogP contribution >= 0.6 is 0 Å².